The third-order valence-electron chi connectivity index (χ3n) is 5.20. The lowest BCUT2D eigenvalue weighted by molar-refractivity contribution is 0.459. The second-order valence-electron chi connectivity index (χ2n) is 7.27. The fourth-order valence-electron chi connectivity index (χ4n) is 3.58. The van der Waals surface area contributed by atoms with Crippen LogP contribution in [0, 0.1) is 17.1 Å². The van der Waals surface area contributed by atoms with Crippen LogP contribution in [0.2, 0.25) is 0 Å². The highest BCUT2D eigenvalue weighted by atomic mass is 19.1. The Labute approximate surface area is 187 Å². The van der Waals surface area contributed by atoms with Crippen molar-refractivity contribution < 1.29 is 9.13 Å². The Morgan fingerprint density at radius 3 is 2.58 bits per heavy atom. The van der Waals surface area contributed by atoms with Crippen LogP contribution in [0.1, 0.15) is 11.4 Å². The predicted octanol–water partition coefficient (Wildman–Crippen LogP) is 4.58. The molecule has 0 fully saturated rings. The molecule has 0 aliphatic rings. The van der Waals surface area contributed by atoms with E-state index >= 15 is 0 Å². The number of benzene rings is 2. The molecule has 5 rings (SSSR count). The topological polar surface area (TPSA) is 85.2 Å². The van der Waals surface area contributed by atoms with Gasteiger partial charge in [0.1, 0.15) is 28.8 Å². The number of allylic oxidation sites excluding steroid dienone is 1. The Hall–Kier alpha value is -4.77. The summed E-state index contributed by atoms with van der Waals surface area (Å²) in [4.78, 5) is 22.4. The van der Waals surface area contributed by atoms with E-state index in [1.54, 1.807) is 36.0 Å². The maximum Gasteiger partial charge on any atom is 0.269 e. The van der Waals surface area contributed by atoms with Gasteiger partial charge in [0.15, 0.2) is 5.82 Å². The van der Waals surface area contributed by atoms with Crippen molar-refractivity contribution in [1.82, 2.24) is 18.9 Å². The van der Waals surface area contributed by atoms with Crippen molar-refractivity contribution in [1.29, 1.82) is 5.26 Å². The molecule has 33 heavy (non-hydrogen) atoms. The van der Waals surface area contributed by atoms with Crippen LogP contribution in [0.15, 0.2) is 77.7 Å². The zero-order valence-corrected chi connectivity index (χ0v) is 17.4. The van der Waals surface area contributed by atoms with Gasteiger partial charge in [-0.3, -0.25) is 9.20 Å². The van der Waals surface area contributed by atoms with Crippen molar-refractivity contribution in [3.63, 3.8) is 0 Å². The largest absolute Gasteiger partial charge is 0.438 e. The number of aromatic nitrogens is 4. The van der Waals surface area contributed by atoms with Gasteiger partial charge in [-0.2, -0.15) is 10.2 Å². The van der Waals surface area contributed by atoms with E-state index in [2.05, 4.69) is 16.0 Å². The number of rotatable bonds is 4. The van der Waals surface area contributed by atoms with Gasteiger partial charge in [0.25, 0.3) is 5.56 Å². The first-order valence-corrected chi connectivity index (χ1v) is 10.0. The lowest BCUT2D eigenvalue weighted by Gasteiger charge is -2.10. The Balaban J connectivity index is 1.72. The van der Waals surface area contributed by atoms with Gasteiger partial charge in [-0.1, -0.05) is 18.2 Å². The molecule has 160 valence electrons. The molecule has 5 aromatic rings. The maximum absolute atomic E-state index is 13.3. The van der Waals surface area contributed by atoms with Crippen molar-refractivity contribution >= 4 is 28.3 Å². The van der Waals surface area contributed by atoms with Gasteiger partial charge in [0, 0.05) is 13.2 Å². The van der Waals surface area contributed by atoms with Crippen molar-refractivity contribution in [2.45, 2.75) is 0 Å². The summed E-state index contributed by atoms with van der Waals surface area (Å²) < 4.78 is 22.3. The average Bonchev–Trinajstić information content (AvgIpc) is 3.17. The number of aryl methyl sites for hydroxylation is 1. The SMILES string of the molecule is Cn1c(/C(C#N)=C/c2c(Oc3ccc(F)cc3)nc3ccccn3c2=O)nc2ccccc21. The Morgan fingerprint density at radius 1 is 1.06 bits per heavy atom. The van der Waals surface area contributed by atoms with E-state index in [-0.39, 0.29) is 17.0 Å². The first kappa shape index (κ1) is 20.2. The summed E-state index contributed by atoms with van der Waals surface area (Å²) in [5.41, 5.74) is 1.79. The van der Waals surface area contributed by atoms with Crippen LogP contribution in [0.25, 0.3) is 28.3 Å². The molecule has 0 atom stereocenters. The minimum Gasteiger partial charge on any atom is -0.438 e. The minimum atomic E-state index is -0.414. The van der Waals surface area contributed by atoms with Gasteiger partial charge in [-0.15, -0.1) is 0 Å². The number of fused-ring (bicyclic) bond motifs is 2. The zero-order chi connectivity index (χ0) is 22.9. The molecule has 0 N–H and O–H groups in total. The Kier molecular flexibility index (Phi) is 4.92. The maximum atomic E-state index is 13.3. The van der Waals surface area contributed by atoms with Gasteiger partial charge in [-0.25, -0.2) is 9.37 Å². The molecule has 0 saturated carbocycles. The fraction of sp³-hybridized carbons (Fsp3) is 0.0400. The first-order valence-electron chi connectivity index (χ1n) is 10.0. The molecule has 3 aromatic heterocycles. The van der Waals surface area contributed by atoms with E-state index in [4.69, 9.17) is 4.74 Å². The summed E-state index contributed by atoms with van der Waals surface area (Å²) in [6, 6.07) is 20.1. The van der Waals surface area contributed by atoms with Crippen LogP contribution in [-0.4, -0.2) is 18.9 Å². The van der Waals surface area contributed by atoms with Crippen LogP contribution < -0.4 is 10.3 Å². The van der Waals surface area contributed by atoms with Crippen LogP contribution >= 0.6 is 0 Å². The Morgan fingerprint density at radius 2 is 1.82 bits per heavy atom. The summed E-state index contributed by atoms with van der Waals surface area (Å²) in [5.74, 6) is 0.301. The van der Waals surface area contributed by atoms with E-state index in [9.17, 15) is 14.4 Å². The average molecular weight is 437 g/mol. The monoisotopic (exact) mass is 437 g/mol. The molecule has 3 heterocycles. The molecule has 0 spiro atoms. The highest BCUT2D eigenvalue weighted by Crippen LogP contribution is 2.27. The molecule has 2 aromatic carbocycles. The molecule has 0 amide bonds. The van der Waals surface area contributed by atoms with Gasteiger partial charge in [0.05, 0.1) is 16.6 Å². The number of nitriles is 1. The van der Waals surface area contributed by atoms with Crippen molar-refractivity contribution in [3.05, 3.63) is 100 Å². The number of para-hydroxylation sites is 2. The van der Waals surface area contributed by atoms with Crippen LogP contribution in [0.5, 0.6) is 11.6 Å². The molecule has 0 unspecified atom stereocenters. The third-order valence-corrected chi connectivity index (χ3v) is 5.20. The molecule has 0 radical (unpaired) electrons. The number of nitrogens with zero attached hydrogens (tertiary/aromatic N) is 5. The summed E-state index contributed by atoms with van der Waals surface area (Å²) in [6.45, 7) is 0. The lowest BCUT2D eigenvalue weighted by Crippen LogP contribution is -2.18. The summed E-state index contributed by atoms with van der Waals surface area (Å²) in [5, 5.41) is 9.92. The van der Waals surface area contributed by atoms with Crippen molar-refractivity contribution in [2.75, 3.05) is 0 Å². The standard InChI is InChI=1S/C25H16FN5O2/c1-30-21-7-3-2-6-20(21)28-23(30)16(15-27)14-19-24(33-18-11-9-17(26)10-12-18)29-22-8-4-5-13-31(22)25(19)32/h2-14H,1H3/b16-14+. The number of imidazole rings is 1. The molecule has 0 saturated heterocycles. The molecular formula is C25H16FN5O2. The van der Waals surface area contributed by atoms with Crippen molar-refractivity contribution in [3.8, 4) is 17.7 Å². The van der Waals surface area contributed by atoms with Crippen LogP contribution in [0.4, 0.5) is 4.39 Å². The highest BCUT2D eigenvalue weighted by molar-refractivity contribution is 5.91. The minimum absolute atomic E-state index is 0.00400. The van der Waals surface area contributed by atoms with Crippen molar-refractivity contribution in [2.24, 2.45) is 7.05 Å². The second-order valence-corrected chi connectivity index (χ2v) is 7.27. The van der Waals surface area contributed by atoms with Gasteiger partial charge in [-0.05, 0) is 54.6 Å². The number of hydrogen-bond acceptors (Lipinski definition) is 5. The van der Waals surface area contributed by atoms with Crippen LogP contribution in [0.3, 0.4) is 0 Å². The molecule has 8 heteroatoms. The third kappa shape index (κ3) is 3.62. The number of pyridine rings is 1. The smallest absolute Gasteiger partial charge is 0.269 e. The highest BCUT2D eigenvalue weighted by Gasteiger charge is 2.18. The number of halogens is 1. The fourth-order valence-corrected chi connectivity index (χ4v) is 3.58. The van der Waals surface area contributed by atoms with Gasteiger partial charge < -0.3 is 9.30 Å². The molecule has 7 nitrogen and oxygen atoms in total. The molecule has 0 bridgehead atoms. The van der Waals surface area contributed by atoms with E-state index < -0.39 is 11.4 Å². The lowest BCUT2D eigenvalue weighted by atomic mass is 10.1. The van der Waals surface area contributed by atoms with E-state index in [1.165, 1.54) is 34.7 Å². The van der Waals surface area contributed by atoms with Gasteiger partial charge >= 0.3 is 0 Å². The summed E-state index contributed by atoms with van der Waals surface area (Å²) in [6.07, 6.45) is 3.01. The quantitative estimate of drug-likeness (QED) is 0.384. The van der Waals surface area contributed by atoms with Crippen LogP contribution in [-0.2, 0) is 7.05 Å². The normalized spacial score (nSPS) is 11.6. The predicted molar refractivity (Wildman–Crippen MR) is 122 cm³/mol. The summed E-state index contributed by atoms with van der Waals surface area (Å²) >= 11 is 0. The molecule has 0 aliphatic carbocycles. The Bertz CT molecular complexity index is 1640. The second kappa shape index (κ2) is 8.05. The number of hydrogen-bond donors (Lipinski definition) is 0. The van der Waals surface area contributed by atoms with E-state index in [0.29, 0.717) is 17.2 Å². The number of ether oxygens (including phenoxy) is 1. The molecular weight excluding hydrogens is 421 g/mol. The first-order chi connectivity index (χ1) is 16.0. The zero-order valence-electron chi connectivity index (χ0n) is 17.4. The summed E-state index contributed by atoms with van der Waals surface area (Å²) in [7, 11) is 1.80. The molecule has 0 aliphatic heterocycles. The van der Waals surface area contributed by atoms with E-state index in [0.717, 1.165) is 11.0 Å². The van der Waals surface area contributed by atoms with Gasteiger partial charge in [0.2, 0.25) is 5.88 Å². The van der Waals surface area contributed by atoms with E-state index in [1.807, 2.05) is 24.3 Å².